The lowest BCUT2D eigenvalue weighted by atomic mass is 9.99. The average Bonchev–Trinajstić information content (AvgIpc) is 2.49. The molecule has 112 valence electrons. The van der Waals surface area contributed by atoms with Crippen molar-refractivity contribution < 1.29 is 19.8 Å². The molecule has 0 aliphatic rings. The van der Waals surface area contributed by atoms with Gasteiger partial charge in [0.25, 0.3) is 0 Å². The van der Waals surface area contributed by atoms with E-state index >= 15 is 0 Å². The molecule has 0 radical (unpaired) electrons. The van der Waals surface area contributed by atoms with Crippen LogP contribution in [0.4, 0.5) is 0 Å². The SMILES string of the molecule is CCCCC#Cc1cc2cc(C(=O)O)ccc2cc1C(=O)O. The van der Waals surface area contributed by atoms with E-state index in [0.717, 1.165) is 12.8 Å². The maximum absolute atomic E-state index is 11.4. The molecule has 0 unspecified atom stereocenters. The fraction of sp³-hybridized carbons (Fsp3) is 0.222. The zero-order valence-electron chi connectivity index (χ0n) is 12.2. The monoisotopic (exact) mass is 296 g/mol. The molecule has 0 saturated heterocycles. The molecule has 0 fully saturated rings. The van der Waals surface area contributed by atoms with Crippen LogP contribution in [-0.4, -0.2) is 22.2 Å². The second kappa shape index (κ2) is 6.77. The summed E-state index contributed by atoms with van der Waals surface area (Å²) >= 11 is 0. The lowest BCUT2D eigenvalue weighted by molar-refractivity contribution is 0.0685. The lowest BCUT2D eigenvalue weighted by Gasteiger charge is -2.05. The molecule has 0 aliphatic heterocycles. The molecule has 0 saturated carbocycles. The molecule has 0 spiro atoms. The predicted molar refractivity (Wildman–Crippen MR) is 84.3 cm³/mol. The Bertz CT molecular complexity index is 794. The van der Waals surface area contributed by atoms with E-state index in [0.29, 0.717) is 22.8 Å². The van der Waals surface area contributed by atoms with Gasteiger partial charge in [0.1, 0.15) is 0 Å². The van der Waals surface area contributed by atoms with E-state index in [1.165, 1.54) is 18.2 Å². The highest BCUT2D eigenvalue weighted by Crippen LogP contribution is 2.21. The summed E-state index contributed by atoms with van der Waals surface area (Å²) in [6.45, 7) is 2.06. The molecule has 0 bridgehead atoms. The number of unbranched alkanes of at least 4 members (excludes halogenated alkanes) is 2. The Kier molecular flexibility index (Phi) is 4.80. The molecule has 2 N–H and O–H groups in total. The van der Waals surface area contributed by atoms with E-state index in [2.05, 4.69) is 18.8 Å². The second-order valence-electron chi connectivity index (χ2n) is 4.98. The molecule has 0 amide bonds. The smallest absolute Gasteiger partial charge is 0.336 e. The number of hydrogen-bond donors (Lipinski definition) is 2. The van der Waals surface area contributed by atoms with Crippen LogP contribution < -0.4 is 0 Å². The van der Waals surface area contributed by atoms with Crippen LogP contribution in [0.3, 0.4) is 0 Å². The third-order valence-corrected chi connectivity index (χ3v) is 3.33. The molecule has 4 nitrogen and oxygen atoms in total. The number of fused-ring (bicyclic) bond motifs is 1. The van der Waals surface area contributed by atoms with Crippen LogP contribution in [0.25, 0.3) is 10.8 Å². The second-order valence-corrected chi connectivity index (χ2v) is 4.98. The van der Waals surface area contributed by atoms with Gasteiger partial charge in [0.15, 0.2) is 0 Å². The maximum Gasteiger partial charge on any atom is 0.336 e. The van der Waals surface area contributed by atoms with E-state index in [-0.39, 0.29) is 11.1 Å². The van der Waals surface area contributed by atoms with Gasteiger partial charge >= 0.3 is 11.9 Å². The fourth-order valence-corrected chi connectivity index (χ4v) is 2.13. The number of aromatic carboxylic acids is 2. The highest BCUT2D eigenvalue weighted by Gasteiger charge is 2.11. The van der Waals surface area contributed by atoms with Crippen LogP contribution in [0, 0.1) is 11.8 Å². The van der Waals surface area contributed by atoms with Gasteiger partial charge in [0.2, 0.25) is 0 Å². The largest absolute Gasteiger partial charge is 0.478 e. The van der Waals surface area contributed by atoms with Crippen molar-refractivity contribution in [1.29, 1.82) is 0 Å². The van der Waals surface area contributed by atoms with Crippen LogP contribution in [0.2, 0.25) is 0 Å². The molecular formula is C18H16O4. The molecular weight excluding hydrogens is 280 g/mol. The summed E-state index contributed by atoms with van der Waals surface area (Å²) in [7, 11) is 0. The van der Waals surface area contributed by atoms with Gasteiger partial charge in [-0.25, -0.2) is 9.59 Å². The molecule has 2 aromatic rings. The Hall–Kier alpha value is -2.80. The van der Waals surface area contributed by atoms with E-state index in [1.807, 2.05) is 0 Å². The van der Waals surface area contributed by atoms with Crippen LogP contribution in [0.5, 0.6) is 0 Å². The third-order valence-electron chi connectivity index (χ3n) is 3.33. The van der Waals surface area contributed by atoms with Gasteiger partial charge in [-0.05, 0) is 41.5 Å². The van der Waals surface area contributed by atoms with Crippen molar-refractivity contribution in [3.63, 3.8) is 0 Å². The molecule has 4 heteroatoms. The topological polar surface area (TPSA) is 74.6 Å². The summed E-state index contributed by atoms with van der Waals surface area (Å²) in [5, 5.41) is 19.7. The van der Waals surface area contributed by atoms with Gasteiger partial charge in [-0.3, -0.25) is 0 Å². The number of carboxylic acids is 2. The quantitative estimate of drug-likeness (QED) is 0.665. The van der Waals surface area contributed by atoms with E-state index in [4.69, 9.17) is 5.11 Å². The summed E-state index contributed by atoms with van der Waals surface area (Å²) in [4.78, 5) is 22.4. The Morgan fingerprint density at radius 1 is 1.05 bits per heavy atom. The standard InChI is InChI=1S/C18H16O4/c1-2-3-4-5-6-13-9-15-10-14(17(19)20)8-7-12(15)11-16(13)18(21)22/h7-11H,2-4H2,1H3,(H,19,20)(H,21,22). The number of carbonyl (C=O) groups is 2. The zero-order chi connectivity index (χ0) is 16.1. The summed E-state index contributed by atoms with van der Waals surface area (Å²) in [5.74, 6) is 3.81. The number of carboxylic acid groups (broad SMARTS) is 2. The highest BCUT2D eigenvalue weighted by atomic mass is 16.4. The van der Waals surface area contributed by atoms with Crippen molar-refractivity contribution in [1.82, 2.24) is 0 Å². The Balaban J connectivity index is 2.54. The van der Waals surface area contributed by atoms with Gasteiger partial charge in [-0.15, -0.1) is 0 Å². The Morgan fingerprint density at radius 2 is 1.82 bits per heavy atom. The molecule has 0 aliphatic carbocycles. The van der Waals surface area contributed by atoms with Crippen LogP contribution >= 0.6 is 0 Å². The van der Waals surface area contributed by atoms with Gasteiger partial charge in [-0.1, -0.05) is 31.3 Å². The molecule has 22 heavy (non-hydrogen) atoms. The van der Waals surface area contributed by atoms with Crippen molar-refractivity contribution in [2.75, 3.05) is 0 Å². The first kappa shape index (κ1) is 15.6. The molecule has 2 rings (SSSR count). The fourth-order valence-electron chi connectivity index (χ4n) is 2.13. The minimum absolute atomic E-state index is 0.138. The average molecular weight is 296 g/mol. The van der Waals surface area contributed by atoms with Crippen molar-refractivity contribution in [2.24, 2.45) is 0 Å². The van der Waals surface area contributed by atoms with E-state index < -0.39 is 11.9 Å². The molecule has 0 heterocycles. The van der Waals surface area contributed by atoms with Crippen molar-refractivity contribution >= 4 is 22.7 Å². The third kappa shape index (κ3) is 3.44. The van der Waals surface area contributed by atoms with Crippen LogP contribution in [0.1, 0.15) is 52.5 Å². The van der Waals surface area contributed by atoms with Gasteiger partial charge < -0.3 is 10.2 Å². The summed E-state index contributed by atoms with van der Waals surface area (Å²) in [6, 6.07) is 7.78. The highest BCUT2D eigenvalue weighted by molar-refractivity contribution is 6.00. The zero-order valence-corrected chi connectivity index (χ0v) is 12.2. The number of hydrogen-bond acceptors (Lipinski definition) is 2. The van der Waals surface area contributed by atoms with Gasteiger partial charge in [0.05, 0.1) is 11.1 Å². The first-order valence-corrected chi connectivity index (χ1v) is 7.06. The summed E-state index contributed by atoms with van der Waals surface area (Å²) in [6.07, 6.45) is 2.70. The summed E-state index contributed by atoms with van der Waals surface area (Å²) < 4.78 is 0. The Morgan fingerprint density at radius 3 is 2.45 bits per heavy atom. The normalized spacial score (nSPS) is 10.0. The van der Waals surface area contributed by atoms with Crippen LogP contribution in [0.15, 0.2) is 30.3 Å². The van der Waals surface area contributed by atoms with Crippen molar-refractivity contribution in [3.8, 4) is 11.8 Å². The minimum atomic E-state index is -1.04. The molecule has 0 aromatic heterocycles. The van der Waals surface area contributed by atoms with E-state index in [1.54, 1.807) is 12.1 Å². The van der Waals surface area contributed by atoms with Crippen LogP contribution in [-0.2, 0) is 0 Å². The van der Waals surface area contributed by atoms with Gasteiger partial charge in [0, 0.05) is 12.0 Å². The van der Waals surface area contributed by atoms with E-state index in [9.17, 15) is 14.7 Å². The summed E-state index contributed by atoms with van der Waals surface area (Å²) in [5.41, 5.74) is 0.721. The Labute approximate surface area is 128 Å². The molecule has 2 aromatic carbocycles. The minimum Gasteiger partial charge on any atom is -0.478 e. The predicted octanol–water partition coefficient (Wildman–Crippen LogP) is 3.78. The maximum atomic E-state index is 11.4. The van der Waals surface area contributed by atoms with Gasteiger partial charge in [-0.2, -0.15) is 0 Å². The first-order chi connectivity index (χ1) is 10.5. The van der Waals surface area contributed by atoms with Crippen molar-refractivity contribution in [2.45, 2.75) is 26.2 Å². The number of rotatable bonds is 4. The number of benzene rings is 2. The van der Waals surface area contributed by atoms with Crippen molar-refractivity contribution in [3.05, 3.63) is 47.0 Å². The lowest BCUT2D eigenvalue weighted by Crippen LogP contribution is -2.01. The molecule has 0 atom stereocenters. The first-order valence-electron chi connectivity index (χ1n) is 7.06.